The normalized spacial score (nSPS) is 11.7. The molecule has 4 aromatic rings. The Kier molecular flexibility index (Phi) is 2.65. The molecule has 20 heavy (non-hydrogen) atoms. The van der Waals surface area contributed by atoms with E-state index in [1.54, 1.807) is 0 Å². The zero-order valence-corrected chi connectivity index (χ0v) is 12.4. The summed E-state index contributed by atoms with van der Waals surface area (Å²) in [6.07, 6.45) is 0. The van der Waals surface area contributed by atoms with Gasteiger partial charge < -0.3 is 0 Å². The summed E-state index contributed by atoms with van der Waals surface area (Å²) >= 11 is 0. The molecule has 1 heteroatoms. The highest BCUT2D eigenvalue weighted by molar-refractivity contribution is 7.44. The molecule has 1 heterocycles. The Morgan fingerprint density at radius 1 is 0.650 bits per heavy atom. The van der Waals surface area contributed by atoms with Crippen LogP contribution in [0.2, 0.25) is 0 Å². The lowest BCUT2D eigenvalue weighted by atomic mass is 9.96. The van der Waals surface area contributed by atoms with E-state index in [4.69, 9.17) is 0 Å². The van der Waals surface area contributed by atoms with Gasteiger partial charge in [-0.3, -0.25) is 0 Å². The van der Waals surface area contributed by atoms with Crippen LogP contribution in [0.15, 0.2) is 66.7 Å². The van der Waals surface area contributed by atoms with E-state index in [9.17, 15) is 0 Å². The van der Waals surface area contributed by atoms with Gasteiger partial charge in [0, 0.05) is 10.5 Å². The summed E-state index contributed by atoms with van der Waals surface area (Å²) < 4.78 is 0. The minimum Gasteiger partial charge on any atom is -0.123 e. The molecule has 0 aliphatic heterocycles. The smallest absolute Gasteiger partial charge is 0.00139 e. The molecule has 96 valence electrons. The SMILES string of the molecule is Cc1ccccc1-c1cccc2[pH]c3ccccc3c12. The number of fused-ring (bicyclic) bond motifs is 3. The third-order valence-electron chi connectivity index (χ3n) is 3.97. The lowest BCUT2D eigenvalue weighted by molar-refractivity contribution is 1.47. The molecule has 1 atom stereocenters. The first-order valence-electron chi connectivity index (χ1n) is 6.90. The molecule has 0 amide bonds. The third-order valence-corrected chi connectivity index (χ3v) is 5.36. The van der Waals surface area contributed by atoms with Crippen LogP contribution < -0.4 is 0 Å². The first-order valence-corrected chi connectivity index (χ1v) is 7.90. The number of hydrogen-bond acceptors (Lipinski definition) is 0. The summed E-state index contributed by atoms with van der Waals surface area (Å²) in [5.41, 5.74) is 4.07. The van der Waals surface area contributed by atoms with Crippen molar-refractivity contribution in [2.45, 2.75) is 6.92 Å². The summed E-state index contributed by atoms with van der Waals surface area (Å²) in [6.45, 7) is 2.19. The number of aryl methyl sites for hydroxylation is 1. The molecule has 0 aliphatic carbocycles. The van der Waals surface area contributed by atoms with Gasteiger partial charge in [0.1, 0.15) is 0 Å². The van der Waals surface area contributed by atoms with E-state index in [1.807, 2.05) is 0 Å². The van der Waals surface area contributed by atoms with Gasteiger partial charge in [0.15, 0.2) is 0 Å². The summed E-state index contributed by atoms with van der Waals surface area (Å²) in [5.74, 6) is 0. The maximum atomic E-state index is 2.27. The summed E-state index contributed by atoms with van der Waals surface area (Å²) in [7, 11) is 0.789. The van der Waals surface area contributed by atoms with Crippen LogP contribution in [0.3, 0.4) is 0 Å². The molecular formula is C19H15P. The molecule has 0 saturated heterocycles. The molecule has 0 fully saturated rings. The molecule has 0 saturated carbocycles. The Morgan fingerprint density at radius 2 is 1.35 bits per heavy atom. The first kappa shape index (κ1) is 11.8. The molecule has 4 rings (SSSR count). The largest absolute Gasteiger partial charge is 0.123 e. The summed E-state index contributed by atoms with van der Waals surface area (Å²) in [4.78, 5) is 0. The van der Waals surface area contributed by atoms with Gasteiger partial charge >= 0.3 is 0 Å². The molecule has 0 radical (unpaired) electrons. The van der Waals surface area contributed by atoms with E-state index in [-0.39, 0.29) is 0 Å². The van der Waals surface area contributed by atoms with Crippen molar-refractivity contribution in [1.29, 1.82) is 0 Å². The van der Waals surface area contributed by atoms with Gasteiger partial charge in [-0.1, -0.05) is 66.7 Å². The zero-order chi connectivity index (χ0) is 13.5. The van der Waals surface area contributed by atoms with Crippen molar-refractivity contribution >= 4 is 29.2 Å². The highest BCUT2D eigenvalue weighted by atomic mass is 31.0. The van der Waals surface area contributed by atoms with E-state index in [0.717, 1.165) is 8.19 Å². The van der Waals surface area contributed by atoms with E-state index < -0.39 is 0 Å². The number of benzene rings is 3. The standard InChI is InChI=1S/C19H15P/c1-13-7-2-3-8-14(13)15-10-6-12-18-19(15)16-9-4-5-11-17(16)20-18/h2-12,20H,1H3. The third kappa shape index (κ3) is 1.69. The minimum atomic E-state index is 0.789. The fourth-order valence-electron chi connectivity index (χ4n) is 3.00. The number of hydrogen-bond donors (Lipinski definition) is 0. The highest BCUT2D eigenvalue weighted by Crippen LogP contribution is 2.42. The van der Waals surface area contributed by atoms with Crippen LogP contribution in [-0.2, 0) is 0 Å². The van der Waals surface area contributed by atoms with Crippen molar-refractivity contribution in [2.75, 3.05) is 0 Å². The molecule has 1 aromatic heterocycles. The Labute approximate surface area is 120 Å². The van der Waals surface area contributed by atoms with Gasteiger partial charge in [0.05, 0.1) is 0 Å². The van der Waals surface area contributed by atoms with Crippen molar-refractivity contribution in [3.05, 3.63) is 72.3 Å². The van der Waals surface area contributed by atoms with Gasteiger partial charge in [0.2, 0.25) is 0 Å². The van der Waals surface area contributed by atoms with E-state index >= 15 is 0 Å². The fourth-order valence-corrected chi connectivity index (χ4v) is 4.39. The molecule has 0 nitrogen and oxygen atoms in total. The first-order chi connectivity index (χ1) is 9.84. The van der Waals surface area contributed by atoms with Crippen molar-refractivity contribution in [3.8, 4) is 11.1 Å². The van der Waals surface area contributed by atoms with Gasteiger partial charge in [-0.25, -0.2) is 0 Å². The van der Waals surface area contributed by atoms with Gasteiger partial charge in [-0.2, -0.15) is 0 Å². The average Bonchev–Trinajstić information content (AvgIpc) is 2.86. The second-order valence-corrected chi connectivity index (χ2v) is 6.54. The fraction of sp³-hybridized carbons (Fsp3) is 0.0526. The van der Waals surface area contributed by atoms with E-state index in [1.165, 1.54) is 37.7 Å². The van der Waals surface area contributed by atoms with Gasteiger partial charge in [-0.05, 0) is 34.1 Å². The molecular weight excluding hydrogens is 259 g/mol. The van der Waals surface area contributed by atoms with Crippen LogP contribution in [0, 0.1) is 6.92 Å². The molecule has 0 N–H and O–H groups in total. The van der Waals surface area contributed by atoms with Gasteiger partial charge in [0.25, 0.3) is 0 Å². The molecule has 1 unspecified atom stereocenters. The van der Waals surface area contributed by atoms with Crippen LogP contribution in [0.5, 0.6) is 0 Å². The summed E-state index contributed by atoms with van der Waals surface area (Å²) in [6, 6.07) is 24.2. The second kappa shape index (κ2) is 4.51. The highest BCUT2D eigenvalue weighted by Gasteiger charge is 2.10. The van der Waals surface area contributed by atoms with Crippen molar-refractivity contribution in [3.63, 3.8) is 0 Å². The van der Waals surface area contributed by atoms with Crippen LogP contribution in [-0.4, -0.2) is 0 Å². The Bertz CT molecular complexity index is 915. The Balaban J connectivity index is 2.17. The van der Waals surface area contributed by atoms with Crippen molar-refractivity contribution in [1.82, 2.24) is 0 Å². The monoisotopic (exact) mass is 274 g/mol. The zero-order valence-electron chi connectivity index (χ0n) is 11.4. The molecule has 3 aromatic carbocycles. The lowest BCUT2D eigenvalue weighted by Crippen LogP contribution is -1.83. The van der Waals surface area contributed by atoms with Crippen LogP contribution in [0.25, 0.3) is 32.1 Å². The van der Waals surface area contributed by atoms with Crippen LogP contribution >= 0.6 is 8.19 Å². The molecule has 0 spiro atoms. The average molecular weight is 274 g/mol. The second-order valence-electron chi connectivity index (χ2n) is 5.21. The quantitative estimate of drug-likeness (QED) is 0.399. The van der Waals surface area contributed by atoms with Crippen molar-refractivity contribution in [2.24, 2.45) is 0 Å². The Morgan fingerprint density at radius 3 is 2.25 bits per heavy atom. The maximum absolute atomic E-state index is 2.27. The lowest BCUT2D eigenvalue weighted by Gasteiger charge is -2.08. The van der Waals surface area contributed by atoms with Crippen LogP contribution in [0.4, 0.5) is 0 Å². The van der Waals surface area contributed by atoms with E-state index in [0.29, 0.717) is 0 Å². The molecule has 0 bridgehead atoms. The minimum absolute atomic E-state index is 0.789. The number of rotatable bonds is 1. The predicted octanol–water partition coefficient (Wildman–Crippen LogP) is 6.00. The summed E-state index contributed by atoms with van der Waals surface area (Å²) in [5, 5.41) is 5.81. The predicted molar refractivity (Wildman–Crippen MR) is 91.1 cm³/mol. The van der Waals surface area contributed by atoms with E-state index in [2.05, 4.69) is 73.7 Å². The maximum Gasteiger partial charge on any atom is 0.00139 e. The van der Waals surface area contributed by atoms with Crippen LogP contribution in [0.1, 0.15) is 5.56 Å². The Hall–Kier alpha value is -2.04. The topological polar surface area (TPSA) is 0 Å². The molecule has 0 aliphatic rings. The van der Waals surface area contributed by atoms with Gasteiger partial charge in [-0.15, -0.1) is 8.19 Å². The van der Waals surface area contributed by atoms with Crippen molar-refractivity contribution < 1.29 is 0 Å².